The van der Waals surface area contributed by atoms with Crippen molar-refractivity contribution >= 4 is 6.21 Å². The normalized spacial score (nSPS) is 17.2. The van der Waals surface area contributed by atoms with Gasteiger partial charge in [-0.3, -0.25) is 4.99 Å². The summed E-state index contributed by atoms with van der Waals surface area (Å²) in [6.07, 6.45) is 8.33. The molecule has 0 amide bonds. The fourth-order valence-corrected chi connectivity index (χ4v) is 1.78. The minimum atomic E-state index is -0.0139. The maximum Gasteiger partial charge on any atom is 0.0593 e. The molecule has 2 rings (SSSR count). The summed E-state index contributed by atoms with van der Waals surface area (Å²) in [5, 5.41) is 0. The molecule has 1 aromatic rings. The summed E-state index contributed by atoms with van der Waals surface area (Å²) < 4.78 is 0. The zero-order valence-electron chi connectivity index (χ0n) is 8.54. The highest BCUT2D eigenvalue weighted by atomic mass is 14.8. The third-order valence-corrected chi connectivity index (χ3v) is 2.53. The lowest BCUT2D eigenvalue weighted by Crippen LogP contribution is -2.25. The molecule has 0 saturated heterocycles. The fraction of sp³-hybridized carbons (Fsp3) is 0.308. The van der Waals surface area contributed by atoms with Crippen LogP contribution >= 0.6 is 0 Å². The number of hydrogen-bond donors (Lipinski definition) is 0. The van der Waals surface area contributed by atoms with Crippen LogP contribution < -0.4 is 0 Å². The Hall–Kier alpha value is -1.55. The average molecular weight is 183 g/mol. The Bertz CT molecular complexity index is 433. The van der Waals surface area contributed by atoms with Gasteiger partial charge < -0.3 is 0 Å². The molecule has 0 fully saturated rings. The average Bonchev–Trinajstić information content (AvgIpc) is 2.15. The first-order valence-electron chi connectivity index (χ1n) is 4.76. The van der Waals surface area contributed by atoms with Crippen LogP contribution in [0.4, 0.5) is 0 Å². The molecule has 1 heterocycles. The van der Waals surface area contributed by atoms with E-state index >= 15 is 0 Å². The third kappa shape index (κ3) is 1.44. The molecule has 1 nitrogen and oxygen atoms in total. The van der Waals surface area contributed by atoms with Crippen molar-refractivity contribution < 1.29 is 0 Å². The van der Waals surface area contributed by atoms with E-state index in [4.69, 9.17) is 6.42 Å². The molecule has 1 aliphatic heterocycles. The summed E-state index contributed by atoms with van der Waals surface area (Å²) in [4.78, 5) is 4.48. The van der Waals surface area contributed by atoms with Gasteiger partial charge in [0.25, 0.3) is 0 Å². The monoisotopic (exact) mass is 183 g/mol. The molecule has 0 aliphatic carbocycles. The molecule has 0 radical (unpaired) electrons. The van der Waals surface area contributed by atoms with Crippen molar-refractivity contribution in [1.82, 2.24) is 0 Å². The van der Waals surface area contributed by atoms with E-state index in [1.165, 1.54) is 11.1 Å². The van der Waals surface area contributed by atoms with E-state index < -0.39 is 0 Å². The lowest BCUT2D eigenvalue weighted by atomic mass is 9.87. The third-order valence-electron chi connectivity index (χ3n) is 2.53. The molecular formula is C13H13N. The van der Waals surface area contributed by atoms with Gasteiger partial charge in [-0.05, 0) is 37.5 Å². The van der Waals surface area contributed by atoms with Gasteiger partial charge in [-0.1, -0.05) is 18.1 Å². The molecule has 14 heavy (non-hydrogen) atoms. The molecule has 1 aliphatic rings. The topological polar surface area (TPSA) is 12.4 Å². The zero-order chi connectivity index (χ0) is 10.2. The van der Waals surface area contributed by atoms with Crippen molar-refractivity contribution in [3.05, 3.63) is 34.9 Å². The Kier molecular flexibility index (Phi) is 1.93. The standard InChI is InChI=1S/C13H13N/c1-4-10-6-5-7-11-9-14-13(2,3)8-12(10)11/h1,5-7,9H,8H2,2-3H3. The number of rotatable bonds is 0. The summed E-state index contributed by atoms with van der Waals surface area (Å²) in [5.74, 6) is 2.73. The molecule has 0 N–H and O–H groups in total. The van der Waals surface area contributed by atoms with Gasteiger partial charge in [0.15, 0.2) is 0 Å². The highest BCUT2D eigenvalue weighted by Crippen LogP contribution is 2.26. The molecule has 0 spiro atoms. The van der Waals surface area contributed by atoms with Crippen molar-refractivity contribution in [2.24, 2.45) is 4.99 Å². The minimum Gasteiger partial charge on any atom is -0.286 e. The molecule has 0 aromatic heterocycles. The van der Waals surface area contributed by atoms with E-state index in [1.807, 2.05) is 18.3 Å². The number of aliphatic imine (C=N–C) groups is 1. The highest BCUT2D eigenvalue weighted by molar-refractivity contribution is 5.84. The van der Waals surface area contributed by atoms with E-state index in [1.54, 1.807) is 0 Å². The van der Waals surface area contributed by atoms with Crippen molar-refractivity contribution in [1.29, 1.82) is 0 Å². The number of benzene rings is 1. The Morgan fingerprint density at radius 1 is 1.43 bits per heavy atom. The molecule has 70 valence electrons. The van der Waals surface area contributed by atoms with Crippen LogP contribution in [0.3, 0.4) is 0 Å². The van der Waals surface area contributed by atoms with E-state index in [0.29, 0.717) is 0 Å². The predicted octanol–water partition coefficient (Wildman–Crippen LogP) is 2.42. The van der Waals surface area contributed by atoms with E-state index in [9.17, 15) is 0 Å². The smallest absolute Gasteiger partial charge is 0.0593 e. The first kappa shape index (κ1) is 9.02. The van der Waals surface area contributed by atoms with Gasteiger partial charge in [0.2, 0.25) is 0 Å². The Morgan fingerprint density at radius 3 is 2.93 bits per heavy atom. The van der Waals surface area contributed by atoms with Crippen LogP contribution in [-0.2, 0) is 6.42 Å². The number of hydrogen-bond acceptors (Lipinski definition) is 1. The van der Waals surface area contributed by atoms with Crippen molar-refractivity contribution in [3.8, 4) is 12.3 Å². The lowest BCUT2D eigenvalue weighted by Gasteiger charge is -2.25. The Balaban J connectivity index is 2.58. The van der Waals surface area contributed by atoms with Crippen LogP contribution in [0.5, 0.6) is 0 Å². The van der Waals surface area contributed by atoms with Gasteiger partial charge in [-0.15, -0.1) is 6.42 Å². The zero-order valence-corrected chi connectivity index (χ0v) is 8.54. The molecule has 0 unspecified atom stereocenters. The molecule has 0 bridgehead atoms. The van der Waals surface area contributed by atoms with Gasteiger partial charge in [0.1, 0.15) is 0 Å². The van der Waals surface area contributed by atoms with Crippen LogP contribution in [0.25, 0.3) is 0 Å². The van der Waals surface area contributed by atoms with Crippen LogP contribution in [0.15, 0.2) is 23.2 Å². The van der Waals surface area contributed by atoms with Crippen LogP contribution in [-0.4, -0.2) is 11.8 Å². The SMILES string of the molecule is C#Cc1cccc2c1CC(C)(C)N=C2. The predicted molar refractivity (Wildman–Crippen MR) is 59.8 cm³/mol. The molecular weight excluding hydrogens is 170 g/mol. The molecule has 1 aromatic carbocycles. The van der Waals surface area contributed by atoms with Crippen molar-refractivity contribution in [2.75, 3.05) is 0 Å². The van der Waals surface area contributed by atoms with Gasteiger partial charge in [-0.2, -0.15) is 0 Å². The Labute approximate surface area is 84.9 Å². The fourth-order valence-electron chi connectivity index (χ4n) is 1.78. The molecule has 0 atom stereocenters. The van der Waals surface area contributed by atoms with E-state index in [0.717, 1.165) is 12.0 Å². The highest BCUT2D eigenvalue weighted by Gasteiger charge is 2.23. The first-order chi connectivity index (χ1) is 6.62. The van der Waals surface area contributed by atoms with Gasteiger partial charge >= 0.3 is 0 Å². The van der Waals surface area contributed by atoms with Crippen molar-refractivity contribution in [2.45, 2.75) is 25.8 Å². The maximum absolute atomic E-state index is 5.47. The largest absolute Gasteiger partial charge is 0.286 e. The summed E-state index contributed by atoms with van der Waals surface area (Å²) in [6, 6.07) is 6.04. The number of nitrogens with zero attached hydrogens (tertiary/aromatic N) is 1. The van der Waals surface area contributed by atoms with E-state index in [2.05, 4.69) is 30.8 Å². The maximum atomic E-state index is 5.47. The molecule has 1 heteroatoms. The first-order valence-corrected chi connectivity index (χ1v) is 4.76. The summed E-state index contributed by atoms with van der Waals surface area (Å²) in [6.45, 7) is 4.25. The minimum absolute atomic E-state index is 0.0139. The number of terminal acetylenes is 1. The Morgan fingerprint density at radius 2 is 2.21 bits per heavy atom. The van der Waals surface area contributed by atoms with Gasteiger partial charge in [0, 0.05) is 11.8 Å². The number of fused-ring (bicyclic) bond motifs is 1. The summed E-state index contributed by atoms with van der Waals surface area (Å²) in [7, 11) is 0. The molecule has 0 saturated carbocycles. The second-order valence-corrected chi connectivity index (χ2v) is 4.27. The van der Waals surface area contributed by atoms with Crippen molar-refractivity contribution in [3.63, 3.8) is 0 Å². The second-order valence-electron chi connectivity index (χ2n) is 4.27. The summed E-state index contributed by atoms with van der Waals surface area (Å²) >= 11 is 0. The van der Waals surface area contributed by atoms with E-state index in [-0.39, 0.29) is 5.54 Å². The van der Waals surface area contributed by atoms with Gasteiger partial charge in [-0.25, -0.2) is 0 Å². The van der Waals surface area contributed by atoms with Gasteiger partial charge in [0.05, 0.1) is 5.54 Å². The lowest BCUT2D eigenvalue weighted by molar-refractivity contribution is 0.515. The second kappa shape index (κ2) is 2.99. The van der Waals surface area contributed by atoms with Crippen LogP contribution in [0, 0.1) is 12.3 Å². The quantitative estimate of drug-likeness (QED) is 0.548. The summed E-state index contributed by atoms with van der Waals surface area (Å²) in [5.41, 5.74) is 3.41. The van der Waals surface area contributed by atoms with Crippen LogP contribution in [0.1, 0.15) is 30.5 Å². The van der Waals surface area contributed by atoms with Crippen LogP contribution in [0.2, 0.25) is 0 Å².